The number of rotatable bonds is 4. The van der Waals surface area contributed by atoms with Gasteiger partial charge in [0.1, 0.15) is 5.76 Å². The Hall–Kier alpha value is -3.67. The summed E-state index contributed by atoms with van der Waals surface area (Å²) in [5, 5.41) is 8.67. The maximum atomic E-state index is 5.41. The zero-order valence-corrected chi connectivity index (χ0v) is 18.4. The Morgan fingerprint density at radius 3 is 2.39 bits per heavy atom. The third kappa shape index (κ3) is 3.15. The molecule has 0 N–H and O–H groups in total. The van der Waals surface area contributed by atoms with Crippen molar-refractivity contribution in [2.45, 2.75) is 33.7 Å². The number of hydrogen-bond donors (Lipinski definition) is 0. The average Bonchev–Trinajstić information content (AvgIpc) is 3.42. The lowest BCUT2D eigenvalue weighted by Gasteiger charge is -2.16. The quantitative estimate of drug-likeness (QED) is 0.385. The van der Waals surface area contributed by atoms with Gasteiger partial charge in [0.25, 0.3) is 0 Å². The summed E-state index contributed by atoms with van der Waals surface area (Å²) in [7, 11) is 1.95. The van der Waals surface area contributed by atoms with E-state index in [0.717, 1.165) is 50.4 Å². The first-order valence-electron chi connectivity index (χ1n) is 10.4. The number of hydrogen-bond acceptors (Lipinski definition) is 4. The number of benzene rings is 1. The van der Waals surface area contributed by atoms with Gasteiger partial charge in [0, 0.05) is 47.9 Å². The number of pyridine rings is 1. The summed E-state index contributed by atoms with van der Waals surface area (Å²) >= 11 is 0. The van der Waals surface area contributed by atoms with Crippen LogP contribution < -0.4 is 0 Å². The average molecular weight is 412 g/mol. The standard InChI is InChI=1S/C25H25N5O/c1-15-21(13-29(5)27-15)22-14-30(17(3)19-9-7-6-8-10-19)23-11-20(12-26-25(22)23)24-16(2)28-31-18(24)4/h6-14,17H,1-5H3. The zero-order valence-electron chi connectivity index (χ0n) is 18.4. The largest absolute Gasteiger partial charge is 0.361 e. The van der Waals surface area contributed by atoms with Gasteiger partial charge in [-0.15, -0.1) is 0 Å². The smallest absolute Gasteiger partial charge is 0.141 e. The van der Waals surface area contributed by atoms with Gasteiger partial charge in [-0.25, -0.2) is 0 Å². The van der Waals surface area contributed by atoms with Gasteiger partial charge in [-0.2, -0.15) is 5.10 Å². The zero-order chi connectivity index (χ0) is 21.7. The van der Waals surface area contributed by atoms with Crippen molar-refractivity contribution < 1.29 is 4.52 Å². The van der Waals surface area contributed by atoms with E-state index in [1.807, 2.05) is 44.8 Å². The number of aromatic nitrogens is 5. The number of nitrogens with zero attached hydrogens (tertiary/aromatic N) is 5. The van der Waals surface area contributed by atoms with Crippen LogP contribution in [0.15, 0.2) is 59.5 Å². The highest BCUT2D eigenvalue weighted by Crippen LogP contribution is 2.37. The molecule has 4 aromatic heterocycles. The number of aryl methyl sites for hydroxylation is 4. The second-order valence-electron chi connectivity index (χ2n) is 8.13. The predicted molar refractivity (Wildman–Crippen MR) is 122 cm³/mol. The molecule has 0 fully saturated rings. The molecule has 0 amide bonds. The molecular formula is C25H25N5O. The van der Waals surface area contributed by atoms with Crippen molar-refractivity contribution in [2.75, 3.05) is 0 Å². The molecule has 0 aliphatic rings. The van der Waals surface area contributed by atoms with Gasteiger partial charge in [0.15, 0.2) is 0 Å². The topological polar surface area (TPSA) is 61.7 Å². The maximum absolute atomic E-state index is 5.41. The van der Waals surface area contributed by atoms with Crippen molar-refractivity contribution in [3.8, 4) is 22.3 Å². The molecule has 0 bridgehead atoms. The van der Waals surface area contributed by atoms with Crippen LogP contribution in [-0.4, -0.2) is 24.5 Å². The molecular weight excluding hydrogens is 386 g/mol. The van der Waals surface area contributed by atoms with E-state index in [-0.39, 0.29) is 6.04 Å². The van der Waals surface area contributed by atoms with E-state index in [4.69, 9.17) is 9.51 Å². The summed E-state index contributed by atoms with van der Waals surface area (Å²) in [5.41, 5.74) is 9.36. The van der Waals surface area contributed by atoms with Crippen molar-refractivity contribution in [1.82, 2.24) is 24.5 Å². The molecule has 1 aromatic carbocycles. The van der Waals surface area contributed by atoms with Crippen LogP contribution in [-0.2, 0) is 7.05 Å². The van der Waals surface area contributed by atoms with Crippen LogP contribution in [0.1, 0.15) is 35.7 Å². The van der Waals surface area contributed by atoms with Gasteiger partial charge in [-0.3, -0.25) is 9.67 Å². The lowest BCUT2D eigenvalue weighted by Crippen LogP contribution is -2.05. The highest BCUT2D eigenvalue weighted by atomic mass is 16.5. The van der Waals surface area contributed by atoms with E-state index in [9.17, 15) is 0 Å². The van der Waals surface area contributed by atoms with Crippen molar-refractivity contribution in [3.63, 3.8) is 0 Å². The minimum atomic E-state index is 0.149. The summed E-state index contributed by atoms with van der Waals surface area (Å²) < 4.78 is 9.57. The molecule has 0 aliphatic heterocycles. The normalized spacial score (nSPS) is 12.5. The minimum absolute atomic E-state index is 0.149. The summed E-state index contributed by atoms with van der Waals surface area (Å²) in [5.74, 6) is 0.802. The highest BCUT2D eigenvalue weighted by molar-refractivity contribution is 5.95. The summed E-state index contributed by atoms with van der Waals surface area (Å²) in [6.07, 6.45) is 6.18. The summed E-state index contributed by atoms with van der Waals surface area (Å²) in [6.45, 7) is 8.16. The minimum Gasteiger partial charge on any atom is -0.361 e. The van der Waals surface area contributed by atoms with E-state index >= 15 is 0 Å². The highest BCUT2D eigenvalue weighted by Gasteiger charge is 2.21. The third-order valence-electron chi connectivity index (χ3n) is 5.99. The van der Waals surface area contributed by atoms with Gasteiger partial charge >= 0.3 is 0 Å². The fourth-order valence-electron chi connectivity index (χ4n) is 4.43. The van der Waals surface area contributed by atoms with Crippen molar-refractivity contribution in [1.29, 1.82) is 0 Å². The fourth-order valence-corrected chi connectivity index (χ4v) is 4.43. The molecule has 1 unspecified atom stereocenters. The van der Waals surface area contributed by atoms with Crippen LogP contribution in [0, 0.1) is 20.8 Å². The second-order valence-corrected chi connectivity index (χ2v) is 8.13. The monoisotopic (exact) mass is 411 g/mol. The van der Waals surface area contributed by atoms with Gasteiger partial charge in [0.2, 0.25) is 0 Å². The Balaban J connectivity index is 1.77. The lowest BCUT2D eigenvalue weighted by atomic mass is 10.0. The predicted octanol–water partition coefficient (Wildman–Crippen LogP) is 5.63. The first kappa shape index (κ1) is 19.3. The molecule has 6 nitrogen and oxygen atoms in total. The maximum Gasteiger partial charge on any atom is 0.141 e. The van der Waals surface area contributed by atoms with E-state index in [0.29, 0.717) is 0 Å². The lowest BCUT2D eigenvalue weighted by molar-refractivity contribution is 0.393. The number of fused-ring (bicyclic) bond motifs is 1. The first-order valence-corrected chi connectivity index (χ1v) is 10.4. The third-order valence-corrected chi connectivity index (χ3v) is 5.99. The van der Waals surface area contributed by atoms with Gasteiger partial charge in [-0.05, 0) is 39.3 Å². The van der Waals surface area contributed by atoms with Gasteiger partial charge in [-0.1, -0.05) is 35.5 Å². The van der Waals surface area contributed by atoms with Crippen LogP contribution in [0.3, 0.4) is 0 Å². The summed E-state index contributed by atoms with van der Waals surface area (Å²) in [6, 6.07) is 12.9. The Labute approximate surface area is 181 Å². The van der Waals surface area contributed by atoms with E-state index < -0.39 is 0 Å². The molecule has 5 rings (SSSR count). The molecule has 1 atom stereocenters. The molecule has 0 saturated heterocycles. The van der Waals surface area contributed by atoms with Crippen molar-refractivity contribution in [3.05, 3.63) is 77.7 Å². The SMILES string of the molecule is Cc1nn(C)cc1-c1cn(C(C)c2ccccc2)c2cc(-c3c(C)noc3C)cnc12. The van der Waals surface area contributed by atoms with Gasteiger partial charge < -0.3 is 9.09 Å². The summed E-state index contributed by atoms with van der Waals surface area (Å²) in [4.78, 5) is 4.92. The van der Waals surface area contributed by atoms with Gasteiger partial charge in [0.05, 0.1) is 28.5 Å². The Kier molecular flexibility index (Phi) is 4.50. The Morgan fingerprint density at radius 1 is 0.968 bits per heavy atom. The van der Waals surface area contributed by atoms with E-state index in [1.54, 1.807) is 0 Å². The van der Waals surface area contributed by atoms with Crippen LogP contribution >= 0.6 is 0 Å². The molecule has 0 saturated carbocycles. The molecule has 4 heterocycles. The van der Waals surface area contributed by atoms with Crippen LogP contribution in [0.5, 0.6) is 0 Å². The molecule has 0 spiro atoms. The van der Waals surface area contributed by atoms with Crippen LogP contribution in [0.25, 0.3) is 33.3 Å². The second kappa shape index (κ2) is 7.23. The molecule has 156 valence electrons. The van der Waals surface area contributed by atoms with Crippen molar-refractivity contribution >= 4 is 11.0 Å². The fraction of sp³-hybridized carbons (Fsp3) is 0.240. The Morgan fingerprint density at radius 2 is 1.74 bits per heavy atom. The molecule has 0 radical (unpaired) electrons. The van der Waals surface area contributed by atoms with E-state index in [1.165, 1.54) is 5.56 Å². The molecule has 0 aliphatic carbocycles. The van der Waals surface area contributed by atoms with E-state index in [2.05, 4.69) is 64.5 Å². The Bertz CT molecular complexity index is 1370. The van der Waals surface area contributed by atoms with Crippen molar-refractivity contribution in [2.24, 2.45) is 7.05 Å². The van der Waals surface area contributed by atoms with Crippen LogP contribution in [0.2, 0.25) is 0 Å². The molecule has 5 aromatic rings. The molecule has 31 heavy (non-hydrogen) atoms. The first-order chi connectivity index (χ1) is 14.9. The molecule has 6 heteroatoms. The van der Waals surface area contributed by atoms with Crippen LogP contribution in [0.4, 0.5) is 0 Å².